The van der Waals surface area contributed by atoms with Crippen molar-refractivity contribution in [2.45, 2.75) is 32.1 Å². The number of piperidine rings is 1. The number of aryl methyl sites for hydroxylation is 2. The van der Waals surface area contributed by atoms with Crippen molar-refractivity contribution < 1.29 is 14.2 Å². The average Bonchev–Trinajstić information content (AvgIpc) is 2.88. The van der Waals surface area contributed by atoms with E-state index in [0.717, 1.165) is 48.8 Å². The van der Waals surface area contributed by atoms with Crippen molar-refractivity contribution in [3.8, 4) is 28.4 Å². The van der Waals surface area contributed by atoms with E-state index in [9.17, 15) is 0 Å². The van der Waals surface area contributed by atoms with Crippen molar-refractivity contribution in [2.24, 2.45) is 0 Å². The van der Waals surface area contributed by atoms with Crippen LogP contribution in [0.4, 0.5) is 0 Å². The third kappa shape index (κ3) is 6.52. The van der Waals surface area contributed by atoms with Crippen LogP contribution in [-0.4, -0.2) is 45.4 Å². The minimum atomic E-state index is 0.728. The van der Waals surface area contributed by atoms with Crippen LogP contribution in [-0.2, 0) is 12.8 Å². The molecule has 4 rings (SSSR count). The van der Waals surface area contributed by atoms with Gasteiger partial charge in [-0.1, -0.05) is 36.8 Å². The number of nitrogens with zero attached hydrogens (tertiary/aromatic N) is 1. The minimum Gasteiger partial charge on any atom is -0.497 e. The summed E-state index contributed by atoms with van der Waals surface area (Å²) in [6.45, 7) is 4.12. The van der Waals surface area contributed by atoms with Gasteiger partial charge in [0.2, 0.25) is 0 Å². The Balaban J connectivity index is 1.46. The van der Waals surface area contributed by atoms with E-state index in [2.05, 4.69) is 53.4 Å². The SMILES string of the molecule is COc1ccc(CCc2ccc(OC)cc2-c2cccc(OCCN3CCCCC3)c2)cc1. The van der Waals surface area contributed by atoms with Crippen LogP contribution in [0, 0.1) is 0 Å². The maximum atomic E-state index is 6.13. The number of benzene rings is 3. The van der Waals surface area contributed by atoms with E-state index >= 15 is 0 Å². The molecule has 0 saturated carbocycles. The lowest BCUT2D eigenvalue weighted by Gasteiger charge is -2.26. The predicted molar refractivity (Wildman–Crippen MR) is 135 cm³/mol. The fraction of sp³-hybridized carbons (Fsp3) is 0.379. The maximum Gasteiger partial charge on any atom is 0.119 e. The van der Waals surface area contributed by atoms with Gasteiger partial charge >= 0.3 is 0 Å². The Kier molecular flexibility index (Phi) is 8.26. The summed E-state index contributed by atoms with van der Waals surface area (Å²) in [4.78, 5) is 2.51. The Morgan fingerprint density at radius 2 is 1.48 bits per heavy atom. The molecule has 1 fully saturated rings. The highest BCUT2D eigenvalue weighted by molar-refractivity contribution is 5.70. The van der Waals surface area contributed by atoms with Gasteiger partial charge in [-0.15, -0.1) is 0 Å². The van der Waals surface area contributed by atoms with Crippen LogP contribution < -0.4 is 14.2 Å². The van der Waals surface area contributed by atoms with E-state index < -0.39 is 0 Å². The minimum absolute atomic E-state index is 0.728. The van der Waals surface area contributed by atoms with Crippen molar-refractivity contribution >= 4 is 0 Å². The normalized spacial score (nSPS) is 14.1. The Hall–Kier alpha value is -2.98. The number of hydrogen-bond acceptors (Lipinski definition) is 4. The van der Waals surface area contributed by atoms with Crippen LogP contribution in [0.3, 0.4) is 0 Å². The molecule has 174 valence electrons. The number of methoxy groups -OCH3 is 2. The van der Waals surface area contributed by atoms with E-state index in [0.29, 0.717) is 0 Å². The van der Waals surface area contributed by atoms with Crippen LogP contribution in [0.15, 0.2) is 66.7 Å². The molecule has 0 spiro atoms. The first-order valence-electron chi connectivity index (χ1n) is 12.0. The lowest BCUT2D eigenvalue weighted by atomic mass is 9.94. The highest BCUT2D eigenvalue weighted by Gasteiger charge is 2.11. The van der Waals surface area contributed by atoms with Crippen LogP contribution in [0.2, 0.25) is 0 Å². The molecule has 1 aliphatic rings. The average molecular weight is 446 g/mol. The van der Waals surface area contributed by atoms with Crippen LogP contribution >= 0.6 is 0 Å². The van der Waals surface area contributed by atoms with Gasteiger partial charge in [0, 0.05) is 6.54 Å². The van der Waals surface area contributed by atoms with E-state index in [1.165, 1.54) is 49.0 Å². The number of rotatable bonds is 10. The van der Waals surface area contributed by atoms with Crippen molar-refractivity contribution in [3.63, 3.8) is 0 Å². The summed E-state index contributed by atoms with van der Waals surface area (Å²) in [5, 5.41) is 0. The van der Waals surface area contributed by atoms with Gasteiger partial charge in [-0.2, -0.15) is 0 Å². The molecule has 0 unspecified atom stereocenters. The molecule has 0 aliphatic carbocycles. The van der Waals surface area contributed by atoms with Gasteiger partial charge < -0.3 is 14.2 Å². The van der Waals surface area contributed by atoms with Gasteiger partial charge in [0.1, 0.15) is 23.9 Å². The number of likely N-dealkylation sites (tertiary alicyclic amines) is 1. The lowest BCUT2D eigenvalue weighted by molar-refractivity contribution is 0.183. The standard InChI is InChI=1S/C29H35NO3/c1-31-26-14-10-23(11-15-26)9-12-24-13-16-27(32-2)22-29(24)25-7-6-8-28(21-25)33-20-19-30-17-4-3-5-18-30/h6-8,10-11,13-16,21-22H,3-5,9,12,17-20H2,1-2H3. The van der Waals surface area contributed by atoms with Crippen LogP contribution in [0.25, 0.3) is 11.1 Å². The Bertz CT molecular complexity index is 1010. The Labute approximate surface area is 198 Å². The molecule has 0 N–H and O–H groups in total. The second kappa shape index (κ2) is 11.8. The molecule has 1 aliphatic heterocycles. The molecular weight excluding hydrogens is 410 g/mol. The Morgan fingerprint density at radius 1 is 0.727 bits per heavy atom. The predicted octanol–water partition coefficient (Wildman–Crippen LogP) is 6.02. The fourth-order valence-corrected chi connectivity index (χ4v) is 4.47. The molecule has 3 aromatic carbocycles. The van der Waals surface area contributed by atoms with Gasteiger partial charge in [0.25, 0.3) is 0 Å². The zero-order valence-electron chi connectivity index (χ0n) is 19.9. The largest absolute Gasteiger partial charge is 0.497 e. The summed E-state index contributed by atoms with van der Waals surface area (Å²) in [7, 11) is 3.42. The van der Waals surface area contributed by atoms with Crippen molar-refractivity contribution in [1.29, 1.82) is 0 Å². The Morgan fingerprint density at radius 3 is 2.24 bits per heavy atom. The molecule has 0 bridgehead atoms. The first kappa shape index (κ1) is 23.2. The second-order valence-corrected chi connectivity index (χ2v) is 8.65. The van der Waals surface area contributed by atoms with Crippen LogP contribution in [0.5, 0.6) is 17.2 Å². The molecule has 0 aromatic heterocycles. The van der Waals surface area contributed by atoms with Crippen LogP contribution in [0.1, 0.15) is 30.4 Å². The monoisotopic (exact) mass is 445 g/mol. The summed E-state index contributed by atoms with van der Waals surface area (Å²) in [6.07, 6.45) is 5.90. The zero-order valence-corrected chi connectivity index (χ0v) is 19.9. The molecule has 33 heavy (non-hydrogen) atoms. The smallest absolute Gasteiger partial charge is 0.119 e. The number of ether oxygens (including phenoxy) is 3. The van der Waals surface area contributed by atoms with Gasteiger partial charge in [-0.3, -0.25) is 4.90 Å². The number of hydrogen-bond donors (Lipinski definition) is 0. The zero-order chi connectivity index (χ0) is 22.9. The van der Waals surface area contributed by atoms with E-state index in [-0.39, 0.29) is 0 Å². The molecule has 4 heteroatoms. The topological polar surface area (TPSA) is 30.9 Å². The third-order valence-electron chi connectivity index (χ3n) is 6.43. The first-order chi connectivity index (χ1) is 16.2. The summed E-state index contributed by atoms with van der Waals surface area (Å²) in [5.41, 5.74) is 4.96. The van der Waals surface area contributed by atoms with Gasteiger partial charge in [-0.05, 0) is 97.4 Å². The molecule has 0 radical (unpaired) electrons. The molecule has 4 nitrogen and oxygen atoms in total. The van der Waals surface area contributed by atoms with Crippen molar-refractivity contribution in [2.75, 3.05) is 40.5 Å². The third-order valence-corrected chi connectivity index (χ3v) is 6.43. The van der Waals surface area contributed by atoms with E-state index in [1.807, 2.05) is 18.2 Å². The summed E-state index contributed by atoms with van der Waals surface area (Å²) in [5.74, 6) is 2.68. The fourth-order valence-electron chi connectivity index (χ4n) is 4.47. The highest BCUT2D eigenvalue weighted by atomic mass is 16.5. The second-order valence-electron chi connectivity index (χ2n) is 8.65. The van der Waals surface area contributed by atoms with Gasteiger partial charge in [0.15, 0.2) is 0 Å². The van der Waals surface area contributed by atoms with Crippen molar-refractivity contribution in [1.82, 2.24) is 4.90 Å². The van der Waals surface area contributed by atoms with E-state index in [4.69, 9.17) is 14.2 Å². The lowest BCUT2D eigenvalue weighted by Crippen LogP contribution is -2.33. The molecule has 1 heterocycles. The van der Waals surface area contributed by atoms with E-state index in [1.54, 1.807) is 14.2 Å². The summed E-state index contributed by atoms with van der Waals surface area (Å²) in [6, 6.07) is 23.1. The maximum absolute atomic E-state index is 6.13. The van der Waals surface area contributed by atoms with Gasteiger partial charge in [0.05, 0.1) is 14.2 Å². The van der Waals surface area contributed by atoms with Crippen molar-refractivity contribution in [3.05, 3.63) is 77.9 Å². The summed E-state index contributed by atoms with van der Waals surface area (Å²) < 4.78 is 16.9. The molecular formula is C29H35NO3. The molecule has 3 aromatic rings. The molecule has 0 amide bonds. The quantitative estimate of drug-likeness (QED) is 0.382. The highest BCUT2D eigenvalue weighted by Crippen LogP contribution is 2.31. The van der Waals surface area contributed by atoms with Gasteiger partial charge in [-0.25, -0.2) is 0 Å². The molecule has 0 atom stereocenters. The molecule has 1 saturated heterocycles. The first-order valence-corrected chi connectivity index (χ1v) is 12.0. The summed E-state index contributed by atoms with van der Waals surface area (Å²) >= 11 is 0.